The zero-order valence-electron chi connectivity index (χ0n) is 10.0. The second-order valence-electron chi connectivity index (χ2n) is 3.69. The third kappa shape index (κ3) is 4.37. The van der Waals surface area contributed by atoms with Gasteiger partial charge in [-0.3, -0.25) is 0 Å². The zero-order chi connectivity index (χ0) is 11.8. The standard InChI is InChI=1S/C11H20N4S/c1-15(7-5-3-4-6-12)10-8-11(16-2)14-9-13-10/h8-9H,3-7,12H2,1-2H3. The van der Waals surface area contributed by atoms with Crippen molar-refractivity contribution in [2.45, 2.75) is 24.3 Å². The van der Waals surface area contributed by atoms with Gasteiger partial charge >= 0.3 is 0 Å². The van der Waals surface area contributed by atoms with E-state index in [-0.39, 0.29) is 0 Å². The van der Waals surface area contributed by atoms with Crippen LogP contribution < -0.4 is 10.6 Å². The first-order valence-electron chi connectivity index (χ1n) is 5.55. The summed E-state index contributed by atoms with van der Waals surface area (Å²) in [6.45, 7) is 1.80. The average Bonchev–Trinajstić information content (AvgIpc) is 2.34. The Hall–Kier alpha value is -0.810. The first-order chi connectivity index (χ1) is 7.77. The van der Waals surface area contributed by atoms with E-state index in [2.05, 4.69) is 21.9 Å². The Kier molecular flexibility index (Phi) is 6.18. The summed E-state index contributed by atoms with van der Waals surface area (Å²) in [5.41, 5.74) is 5.46. The molecule has 0 aromatic carbocycles. The summed E-state index contributed by atoms with van der Waals surface area (Å²) >= 11 is 1.64. The van der Waals surface area contributed by atoms with Crippen LogP contribution in [0.15, 0.2) is 17.4 Å². The number of unbranched alkanes of at least 4 members (excludes halogenated alkanes) is 2. The number of hydrogen-bond donors (Lipinski definition) is 1. The summed E-state index contributed by atoms with van der Waals surface area (Å²) in [6, 6.07) is 2.02. The summed E-state index contributed by atoms with van der Waals surface area (Å²) in [5.74, 6) is 0.993. The number of rotatable bonds is 7. The maximum absolute atomic E-state index is 5.46. The van der Waals surface area contributed by atoms with E-state index in [9.17, 15) is 0 Å². The van der Waals surface area contributed by atoms with Crippen molar-refractivity contribution in [3.8, 4) is 0 Å². The minimum Gasteiger partial charge on any atom is -0.360 e. The Bertz CT molecular complexity index is 306. The normalized spacial score (nSPS) is 10.4. The van der Waals surface area contributed by atoms with Crippen LogP contribution in [0.4, 0.5) is 5.82 Å². The summed E-state index contributed by atoms with van der Waals surface area (Å²) in [4.78, 5) is 10.6. The molecule has 0 aliphatic heterocycles. The molecular formula is C11H20N4S. The smallest absolute Gasteiger partial charge is 0.132 e. The third-order valence-corrected chi connectivity index (χ3v) is 3.07. The second kappa shape index (κ2) is 7.46. The van der Waals surface area contributed by atoms with Crippen molar-refractivity contribution in [2.75, 3.05) is 31.3 Å². The Morgan fingerprint density at radius 2 is 2.12 bits per heavy atom. The van der Waals surface area contributed by atoms with E-state index in [4.69, 9.17) is 5.73 Å². The van der Waals surface area contributed by atoms with Gasteiger partial charge in [-0.15, -0.1) is 11.8 Å². The van der Waals surface area contributed by atoms with E-state index in [1.165, 1.54) is 6.42 Å². The average molecular weight is 240 g/mol. The van der Waals surface area contributed by atoms with Gasteiger partial charge in [0, 0.05) is 19.7 Å². The molecule has 4 nitrogen and oxygen atoms in total. The molecule has 0 aliphatic carbocycles. The molecule has 0 bridgehead atoms. The van der Waals surface area contributed by atoms with E-state index in [0.717, 1.165) is 36.8 Å². The lowest BCUT2D eigenvalue weighted by Crippen LogP contribution is -2.20. The fourth-order valence-electron chi connectivity index (χ4n) is 1.43. The molecule has 1 aromatic heterocycles. The molecule has 0 radical (unpaired) electrons. The van der Waals surface area contributed by atoms with E-state index in [1.807, 2.05) is 12.3 Å². The molecule has 5 heteroatoms. The highest BCUT2D eigenvalue weighted by Crippen LogP contribution is 2.16. The van der Waals surface area contributed by atoms with Gasteiger partial charge in [0.2, 0.25) is 0 Å². The maximum atomic E-state index is 5.46. The lowest BCUT2D eigenvalue weighted by atomic mass is 10.2. The topological polar surface area (TPSA) is 55.0 Å². The van der Waals surface area contributed by atoms with Crippen LogP contribution in [-0.4, -0.2) is 36.4 Å². The minimum atomic E-state index is 0.786. The van der Waals surface area contributed by atoms with Gasteiger partial charge in [0.25, 0.3) is 0 Å². The van der Waals surface area contributed by atoms with Crippen molar-refractivity contribution in [3.63, 3.8) is 0 Å². The Morgan fingerprint density at radius 1 is 1.31 bits per heavy atom. The highest BCUT2D eigenvalue weighted by atomic mass is 32.2. The van der Waals surface area contributed by atoms with Crippen molar-refractivity contribution in [1.29, 1.82) is 0 Å². The van der Waals surface area contributed by atoms with Crippen molar-refractivity contribution >= 4 is 17.6 Å². The number of anilines is 1. The summed E-state index contributed by atoms with van der Waals surface area (Å²) < 4.78 is 0. The van der Waals surface area contributed by atoms with Gasteiger partial charge in [0.15, 0.2) is 0 Å². The molecule has 0 aliphatic rings. The van der Waals surface area contributed by atoms with Gasteiger partial charge in [-0.25, -0.2) is 9.97 Å². The molecule has 0 amide bonds. The van der Waals surface area contributed by atoms with Crippen LogP contribution in [0.25, 0.3) is 0 Å². The molecule has 1 heterocycles. The van der Waals surface area contributed by atoms with Gasteiger partial charge in [-0.2, -0.15) is 0 Å². The minimum absolute atomic E-state index is 0.786. The number of nitrogens with zero attached hydrogens (tertiary/aromatic N) is 3. The second-order valence-corrected chi connectivity index (χ2v) is 4.52. The van der Waals surface area contributed by atoms with Crippen LogP contribution in [0, 0.1) is 0 Å². The van der Waals surface area contributed by atoms with Crippen molar-refractivity contribution in [3.05, 3.63) is 12.4 Å². The van der Waals surface area contributed by atoms with Gasteiger partial charge in [0.1, 0.15) is 17.2 Å². The predicted molar refractivity (Wildman–Crippen MR) is 70.0 cm³/mol. The Balaban J connectivity index is 2.42. The lowest BCUT2D eigenvalue weighted by molar-refractivity contribution is 0.675. The first kappa shape index (κ1) is 13.3. The highest BCUT2D eigenvalue weighted by Gasteiger charge is 2.03. The van der Waals surface area contributed by atoms with Crippen LogP contribution in [0.5, 0.6) is 0 Å². The molecule has 16 heavy (non-hydrogen) atoms. The number of thioether (sulfide) groups is 1. The Morgan fingerprint density at radius 3 is 2.81 bits per heavy atom. The van der Waals surface area contributed by atoms with Crippen molar-refractivity contribution in [1.82, 2.24) is 9.97 Å². The number of hydrogen-bond acceptors (Lipinski definition) is 5. The molecule has 0 fully saturated rings. The van der Waals surface area contributed by atoms with E-state index >= 15 is 0 Å². The van der Waals surface area contributed by atoms with Crippen molar-refractivity contribution < 1.29 is 0 Å². The molecule has 1 rings (SSSR count). The maximum Gasteiger partial charge on any atom is 0.132 e. The van der Waals surface area contributed by atoms with Crippen LogP contribution >= 0.6 is 11.8 Å². The predicted octanol–water partition coefficient (Wildman–Crippen LogP) is 1.76. The molecule has 90 valence electrons. The van der Waals surface area contributed by atoms with E-state index in [1.54, 1.807) is 18.1 Å². The molecule has 0 saturated heterocycles. The molecule has 0 spiro atoms. The van der Waals surface area contributed by atoms with Crippen LogP contribution in [0.3, 0.4) is 0 Å². The number of nitrogens with two attached hydrogens (primary N) is 1. The number of aromatic nitrogens is 2. The van der Waals surface area contributed by atoms with Gasteiger partial charge in [-0.1, -0.05) is 6.42 Å². The zero-order valence-corrected chi connectivity index (χ0v) is 10.8. The largest absolute Gasteiger partial charge is 0.360 e. The molecular weight excluding hydrogens is 220 g/mol. The molecule has 0 unspecified atom stereocenters. The van der Waals surface area contributed by atoms with Gasteiger partial charge < -0.3 is 10.6 Å². The summed E-state index contributed by atoms with van der Waals surface area (Å²) in [6.07, 6.45) is 7.09. The fourth-order valence-corrected chi connectivity index (χ4v) is 1.81. The van der Waals surface area contributed by atoms with Crippen molar-refractivity contribution in [2.24, 2.45) is 5.73 Å². The van der Waals surface area contributed by atoms with Gasteiger partial charge in [-0.05, 0) is 25.6 Å². The Labute approximate surface area is 102 Å². The van der Waals surface area contributed by atoms with Gasteiger partial charge in [0.05, 0.1) is 0 Å². The first-order valence-corrected chi connectivity index (χ1v) is 6.77. The molecule has 0 saturated carbocycles. The monoisotopic (exact) mass is 240 g/mol. The SMILES string of the molecule is CSc1cc(N(C)CCCCCN)ncn1. The lowest BCUT2D eigenvalue weighted by Gasteiger charge is -2.17. The summed E-state index contributed by atoms with van der Waals surface area (Å²) in [7, 11) is 2.06. The highest BCUT2D eigenvalue weighted by molar-refractivity contribution is 7.98. The molecule has 0 atom stereocenters. The van der Waals surface area contributed by atoms with Crippen LogP contribution in [-0.2, 0) is 0 Å². The quantitative estimate of drug-likeness (QED) is 0.447. The van der Waals surface area contributed by atoms with E-state index < -0.39 is 0 Å². The third-order valence-electron chi connectivity index (χ3n) is 2.43. The molecule has 1 aromatic rings. The van der Waals surface area contributed by atoms with Crippen LogP contribution in [0.2, 0.25) is 0 Å². The fraction of sp³-hybridized carbons (Fsp3) is 0.636. The summed E-state index contributed by atoms with van der Waals surface area (Å²) in [5, 5.41) is 1.01. The molecule has 2 N–H and O–H groups in total. The van der Waals surface area contributed by atoms with E-state index in [0.29, 0.717) is 0 Å². The van der Waals surface area contributed by atoms with Crippen LogP contribution in [0.1, 0.15) is 19.3 Å².